The maximum Gasteiger partial charge on any atom is 0.407 e. The van der Waals surface area contributed by atoms with Gasteiger partial charge < -0.3 is 20.1 Å². The third-order valence-corrected chi connectivity index (χ3v) is 5.59. The number of benzene rings is 2. The highest BCUT2D eigenvalue weighted by Gasteiger charge is 2.31. The van der Waals surface area contributed by atoms with E-state index in [0.717, 1.165) is 22.3 Å². The van der Waals surface area contributed by atoms with Crippen LogP contribution in [0.3, 0.4) is 0 Å². The summed E-state index contributed by atoms with van der Waals surface area (Å²) < 4.78 is 5.53. The molecule has 1 aliphatic rings. The molecule has 2 amide bonds. The smallest absolute Gasteiger partial charge is 0.407 e. The van der Waals surface area contributed by atoms with E-state index in [9.17, 15) is 14.4 Å². The molecule has 2 aromatic rings. The van der Waals surface area contributed by atoms with Gasteiger partial charge in [0, 0.05) is 19.5 Å². The van der Waals surface area contributed by atoms with Gasteiger partial charge in [0.05, 0.1) is 6.42 Å². The molecule has 7 nitrogen and oxygen atoms in total. The molecule has 0 bridgehead atoms. The van der Waals surface area contributed by atoms with Gasteiger partial charge in [0.1, 0.15) is 12.6 Å². The molecule has 0 saturated heterocycles. The number of ether oxygens (including phenoxy) is 1. The first-order chi connectivity index (χ1) is 14.8. The Morgan fingerprint density at radius 2 is 1.58 bits per heavy atom. The number of amides is 2. The number of aliphatic carboxylic acids is 1. The molecule has 1 atom stereocenters. The molecule has 7 heteroatoms. The first-order valence-corrected chi connectivity index (χ1v) is 10.4. The van der Waals surface area contributed by atoms with Crippen molar-refractivity contribution in [3.8, 4) is 11.1 Å². The summed E-state index contributed by atoms with van der Waals surface area (Å²) in [5.74, 6) is -1.57. The van der Waals surface area contributed by atoms with Gasteiger partial charge >= 0.3 is 12.1 Å². The molecule has 31 heavy (non-hydrogen) atoms. The van der Waals surface area contributed by atoms with E-state index in [1.165, 1.54) is 11.9 Å². The average Bonchev–Trinajstić information content (AvgIpc) is 3.07. The van der Waals surface area contributed by atoms with Crippen LogP contribution in [0.15, 0.2) is 48.5 Å². The summed E-state index contributed by atoms with van der Waals surface area (Å²) in [6.45, 7) is 3.87. The number of hydrogen-bond donors (Lipinski definition) is 2. The van der Waals surface area contributed by atoms with Crippen LogP contribution >= 0.6 is 0 Å². The van der Waals surface area contributed by atoms with Crippen molar-refractivity contribution in [2.45, 2.75) is 32.2 Å². The Bertz CT molecular complexity index is 926. The third kappa shape index (κ3) is 5.05. The fourth-order valence-electron chi connectivity index (χ4n) is 3.89. The number of carboxylic acids is 1. The van der Waals surface area contributed by atoms with Crippen molar-refractivity contribution in [1.82, 2.24) is 10.2 Å². The number of carbonyl (C=O) groups excluding carboxylic acids is 2. The lowest BCUT2D eigenvalue weighted by molar-refractivity contribution is -0.138. The van der Waals surface area contributed by atoms with E-state index in [2.05, 4.69) is 17.4 Å². The maximum atomic E-state index is 12.7. The van der Waals surface area contributed by atoms with Gasteiger partial charge in [-0.15, -0.1) is 0 Å². The first kappa shape index (κ1) is 22.3. The molecule has 2 aromatic carbocycles. The van der Waals surface area contributed by atoms with Crippen LogP contribution in [0.4, 0.5) is 4.79 Å². The van der Waals surface area contributed by atoms with Crippen molar-refractivity contribution >= 4 is 18.0 Å². The van der Waals surface area contributed by atoms with Gasteiger partial charge in [-0.25, -0.2) is 4.79 Å². The van der Waals surface area contributed by atoms with E-state index in [1.807, 2.05) is 50.2 Å². The van der Waals surface area contributed by atoms with Crippen LogP contribution in [-0.4, -0.2) is 54.2 Å². The van der Waals surface area contributed by atoms with Crippen molar-refractivity contribution in [3.63, 3.8) is 0 Å². The predicted octanol–water partition coefficient (Wildman–Crippen LogP) is 3.48. The number of nitrogens with one attached hydrogen (secondary N) is 1. The standard InChI is InChI=1S/C24H28N2O5/c1-15(2)22(23(29)26(3)13-12-21(27)28)25-24(30)31-14-20-18-10-6-4-8-16(18)17-9-5-7-11-19(17)20/h4-11,15,20,22H,12-14H2,1-3H3,(H,25,30)(H,27,28)/t22-/m0/s1. The molecule has 0 saturated carbocycles. The fourth-order valence-corrected chi connectivity index (χ4v) is 3.89. The SMILES string of the molecule is CC(C)[C@H](NC(=O)OCC1c2ccccc2-c2ccccc21)C(=O)N(C)CCC(=O)O. The highest BCUT2D eigenvalue weighted by atomic mass is 16.5. The molecule has 0 aliphatic heterocycles. The Labute approximate surface area is 182 Å². The van der Waals surface area contributed by atoms with Crippen LogP contribution in [0.2, 0.25) is 0 Å². The van der Waals surface area contributed by atoms with Gasteiger partial charge in [-0.2, -0.15) is 0 Å². The normalized spacial score (nSPS) is 13.3. The average molecular weight is 424 g/mol. The van der Waals surface area contributed by atoms with Crippen molar-refractivity contribution in [2.24, 2.45) is 5.92 Å². The Hall–Kier alpha value is -3.35. The zero-order chi connectivity index (χ0) is 22.5. The van der Waals surface area contributed by atoms with E-state index in [4.69, 9.17) is 9.84 Å². The minimum absolute atomic E-state index is 0.0652. The van der Waals surface area contributed by atoms with Crippen LogP contribution in [0.5, 0.6) is 0 Å². The van der Waals surface area contributed by atoms with Gasteiger partial charge in [0.25, 0.3) is 0 Å². The molecule has 3 rings (SSSR count). The summed E-state index contributed by atoms with van der Waals surface area (Å²) >= 11 is 0. The predicted molar refractivity (Wildman–Crippen MR) is 117 cm³/mol. The Morgan fingerprint density at radius 1 is 1.03 bits per heavy atom. The molecule has 164 valence electrons. The van der Waals surface area contributed by atoms with Crippen LogP contribution < -0.4 is 5.32 Å². The molecule has 0 spiro atoms. The number of rotatable bonds is 8. The summed E-state index contributed by atoms with van der Waals surface area (Å²) in [4.78, 5) is 37.3. The number of hydrogen-bond acceptors (Lipinski definition) is 4. The van der Waals surface area contributed by atoms with Crippen molar-refractivity contribution in [3.05, 3.63) is 59.7 Å². The number of carboxylic acid groups (broad SMARTS) is 1. The van der Waals surface area contributed by atoms with Gasteiger partial charge in [-0.05, 0) is 28.2 Å². The minimum atomic E-state index is -0.981. The van der Waals surface area contributed by atoms with E-state index < -0.39 is 18.1 Å². The molecule has 0 heterocycles. The molecule has 1 aliphatic carbocycles. The summed E-state index contributed by atoms with van der Waals surface area (Å²) in [7, 11) is 1.53. The molecular weight excluding hydrogens is 396 g/mol. The van der Waals surface area contributed by atoms with E-state index in [1.54, 1.807) is 0 Å². The molecule has 0 radical (unpaired) electrons. The Morgan fingerprint density at radius 3 is 2.10 bits per heavy atom. The minimum Gasteiger partial charge on any atom is -0.481 e. The van der Waals surface area contributed by atoms with E-state index >= 15 is 0 Å². The summed E-state index contributed by atoms with van der Waals surface area (Å²) in [5, 5.41) is 11.5. The van der Waals surface area contributed by atoms with Crippen molar-refractivity contribution in [1.29, 1.82) is 0 Å². The highest BCUT2D eigenvalue weighted by molar-refractivity contribution is 5.86. The number of alkyl carbamates (subject to hydrolysis) is 1. The van der Waals surface area contributed by atoms with Crippen LogP contribution in [0.25, 0.3) is 11.1 Å². The molecular formula is C24H28N2O5. The summed E-state index contributed by atoms with van der Waals surface area (Å²) in [5.41, 5.74) is 4.51. The second kappa shape index (κ2) is 9.64. The molecule has 0 aromatic heterocycles. The largest absolute Gasteiger partial charge is 0.481 e. The van der Waals surface area contributed by atoms with Gasteiger partial charge in [-0.1, -0.05) is 62.4 Å². The van der Waals surface area contributed by atoms with Gasteiger partial charge in [0.15, 0.2) is 0 Å². The first-order valence-electron chi connectivity index (χ1n) is 10.4. The third-order valence-electron chi connectivity index (χ3n) is 5.59. The summed E-state index contributed by atoms with van der Waals surface area (Å²) in [6.07, 6.45) is -0.821. The van der Waals surface area contributed by atoms with Crippen LogP contribution in [-0.2, 0) is 14.3 Å². The second-order valence-electron chi connectivity index (χ2n) is 8.10. The van der Waals surface area contributed by atoms with Crippen molar-refractivity contribution in [2.75, 3.05) is 20.2 Å². The highest BCUT2D eigenvalue weighted by Crippen LogP contribution is 2.44. The van der Waals surface area contributed by atoms with Crippen LogP contribution in [0, 0.1) is 5.92 Å². The number of fused-ring (bicyclic) bond motifs is 3. The lowest BCUT2D eigenvalue weighted by atomic mass is 9.98. The topological polar surface area (TPSA) is 95.9 Å². The molecule has 0 unspecified atom stereocenters. The van der Waals surface area contributed by atoms with Crippen LogP contribution in [0.1, 0.15) is 37.3 Å². The summed E-state index contributed by atoms with van der Waals surface area (Å²) in [6, 6.07) is 15.3. The number of carbonyl (C=O) groups is 3. The number of nitrogens with zero attached hydrogens (tertiary/aromatic N) is 1. The van der Waals surface area contributed by atoms with Crippen molar-refractivity contribution < 1.29 is 24.2 Å². The monoisotopic (exact) mass is 424 g/mol. The lowest BCUT2D eigenvalue weighted by Gasteiger charge is -2.26. The Kier molecular flexibility index (Phi) is 6.95. The maximum absolute atomic E-state index is 12.7. The lowest BCUT2D eigenvalue weighted by Crippen LogP contribution is -2.50. The zero-order valence-electron chi connectivity index (χ0n) is 18.0. The van der Waals surface area contributed by atoms with Gasteiger partial charge in [-0.3, -0.25) is 9.59 Å². The fraction of sp³-hybridized carbons (Fsp3) is 0.375. The zero-order valence-corrected chi connectivity index (χ0v) is 18.0. The number of likely N-dealkylation sites (N-methyl/N-ethyl adjacent to an activating group) is 1. The van der Waals surface area contributed by atoms with E-state index in [-0.39, 0.29) is 37.3 Å². The van der Waals surface area contributed by atoms with E-state index in [0.29, 0.717) is 0 Å². The quantitative estimate of drug-likeness (QED) is 0.676. The molecule has 0 fully saturated rings. The Balaban J connectivity index is 1.65. The molecule has 2 N–H and O–H groups in total. The second-order valence-corrected chi connectivity index (χ2v) is 8.10. The van der Waals surface area contributed by atoms with Gasteiger partial charge in [0.2, 0.25) is 5.91 Å².